The number of nitrogens with zero attached hydrogens (tertiary/aromatic N) is 2. The molecule has 4 rings (SSSR count). The van der Waals surface area contributed by atoms with Crippen LogP contribution in [-0.2, 0) is 9.53 Å². The summed E-state index contributed by atoms with van der Waals surface area (Å²) < 4.78 is 19.9. The molecule has 0 bridgehead atoms. The van der Waals surface area contributed by atoms with Crippen molar-refractivity contribution in [1.29, 1.82) is 0 Å². The Balaban J connectivity index is 1.47. The van der Waals surface area contributed by atoms with E-state index in [1.807, 2.05) is 0 Å². The smallest absolute Gasteiger partial charge is 0.256 e. The Morgan fingerprint density at radius 2 is 1.83 bits per heavy atom. The number of piperidine rings is 1. The summed E-state index contributed by atoms with van der Waals surface area (Å²) in [4.78, 5) is 30.4. The average molecular weight is 418 g/mol. The molecule has 30 heavy (non-hydrogen) atoms. The third-order valence-corrected chi connectivity index (χ3v) is 6.66. The highest BCUT2D eigenvalue weighted by Gasteiger charge is 2.52. The number of halogens is 1. The number of likely N-dealkylation sites (tertiary alicyclic amines) is 1. The molecule has 1 atom stereocenters. The Labute approximate surface area is 177 Å². The lowest BCUT2D eigenvalue weighted by Gasteiger charge is -2.41. The van der Waals surface area contributed by atoms with Crippen LogP contribution in [0.4, 0.5) is 4.39 Å². The Morgan fingerprint density at radius 1 is 1.10 bits per heavy atom. The average Bonchev–Trinajstić information content (AvgIpc) is 3.12. The van der Waals surface area contributed by atoms with Gasteiger partial charge in [-0.05, 0) is 69.8 Å². The van der Waals surface area contributed by atoms with Gasteiger partial charge in [-0.15, -0.1) is 0 Å². The van der Waals surface area contributed by atoms with Gasteiger partial charge in [0.2, 0.25) is 5.91 Å². The van der Waals surface area contributed by atoms with Crippen molar-refractivity contribution in [3.05, 3.63) is 35.6 Å². The molecule has 0 radical (unpaired) electrons. The Kier molecular flexibility index (Phi) is 6.68. The topological polar surface area (TPSA) is 61.9 Å². The van der Waals surface area contributed by atoms with E-state index in [9.17, 15) is 14.0 Å². The van der Waals surface area contributed by atoms with Crippen molar-refractivity contribution in [3.63, 3.8) is 0 Å². The minimum absolute atomic E-state index is 0.181. The maximum Gasteiger partial charge on any atom is 0.256 e. The van der Waals surface area contributed by atoms with Gasteiger partial charge < -0.3 is 15.0 Å². The SMILES string of the molecule is O=C(NCCN1CCCCC1)[C@H]1COC2(CCCCC2)N1C(=O)c1cccc(F)c1. The van der Waals surface area contributed by atoms with Crippen LogP contribution in [0.15, 0.2) is 24.3 Å². The van der Waals surface area contributed by atoms with E-state index >= 15 is 0 Å². The van der Waals surface area contributed by atoms with Crippen molar-refractivity contribution in [3.8, 4) is 0 Å². The van der Waals surface area contributed by atoms with Crippen LogP contribution in [0.25, 0.3) is 0 Å². The normalized spacial score (nSPS) is 24.2. The van der Waals surface area contributed by atoms with E-state index < -0.39 is 17.6 Å². The van der Waals surface area contributed by atoms with E-state index in [1.54, 1.807) is 11.0 Å². The number of ether oxygens (including phenoxy) is 1. The molecule has 3 aliphatic rings. The number of rotatable bonds is 5. The molecule has 164 valence electrons. The molecule has 0 unspecified atom stereocenters. The fourth-order valence-corrected chi connectivity index (χ4v) is 5.07. The van der Waals surface area contributed by atoms with E-state index in [0.717, 1.165) is 38.9 Å². The quantitative estimate of drug-likeness (QED) is 0.800. The highest BCUT2D eigenvalue weighted by molar-refractivity contribution is 5.98. The zero-order valence-corrected chi connectivity index (χ0v) is 17.6. The lowest BCUT2D eigenvalue weighted by molar-refractivity contribution is -0.127. The Bertz CT molecular complexity index is 760. The first kappa shape index (κ1) is 21.2. The molecular weight excluding hydrogens is 385 g/mol. The predicted molar refractivity (Wildman–Crippen MR) is 111 cm³/mol. The molecule has 1 aromatic carbocycles. The van der Waals surface area contributed by atoms with Gasteiger partial charge in [0.05, 0.1) is 6.61 Å². The number of carbonyl (C=O) groups excluding carboxylic acids is 2. The van der Waals surface area contributed by atoms with Crippen LogP contribution >= 0.6 is 0 Å². The van der Waals surface area contributed by atoms with Crippen molar-refractivity contribution in [2.45, 2.75) is 63.1 Å². The van der Waals surface area contributed by atoms with Gasteiger partial charge in [-0.3, -0.25) is 14.5 Å². The minimum Gasteiger partial charge on any atom is -0.353 e. The third kappa shape index (κ3) is 4.52. The maximum atomic E-state index is 13.8. The fourth-order valence-electron chi connectivity index (χ4n) is 5.07. The fraction of sp³-hybridized carbons (Fsp3) is 0.652. The van der Waals surface area contributed by atoms with Crippen LogP contribution in [0, 0.1) is 5.82 Å². The summed E-state index contributed by atoms with van der Waals surface area (Å²) in [7, 11) is 0. The van der Waals surface area contributed by atoms with Gasteiger partial charge in [-0.2, -0.15) is 0 Å². The second kappa shape index (κ2) is 9.43. The van der Waals surface area contributed by atoms with E-state index in [4.69, 9.17) is 4.74 Å². The minimum atomic E-state index is -0.753. The van der Waals surface area contributed by atoms with E-state index in [-0.39, 0.29) is 24.0 Å². The first-order valence-electron chi connectivity index (χ1n) is 11.3. The van der Waals surface area contributed by atoms with Gasteiger partial charge in [0.1, 0.15) is 17.6 Å². The largest absolute Gasteiger partial charge is 0.353 e. The second-order valence-electron chi connectivity index (χ2n) is 8.71. The van der Waals surface area contributed by atoms with Crippen molar-refractivity contribution >= 4 is 11.8 Å². The van der Waals surface area contributed by atoms with Crippen LogP contribution in [0.2, 0.25) is 0 Å². The lowest BCUT2D eigenvalue weighted by atomic mass is 9.89. The Morgan fingerprint density at radius 3 is 2.57 bits per heavy atom. The number of hydrogen-bond donors (Lipinski definition) is 1. The van der Waals surface area contributed by atoms with Crippen molar-refractivity contribution in [1.82, 2.24) is 15.1 Å². The van der Waals surface area contributed by atoms with Gasteiger partial charge in [0.15, 0.2) is 0 Å². The van der Waals surface area contributed by atoms with Crippen molar-refractivity contribution < 1.29 is 18.7 Å². The molecule has 0 aromatic heterocycles. The summed E-state index contributed by atoms with van der Waals surface area (Å²) in [6.45, 7) is 3.73. The summed E-state index contributed by atoms with van der Waals surface area (Å²) >= 11 is 0. The molecule has 7 heteroatoms. The molecule has 2 saturated heterocycles. The number of amides is 2. The van der Waals surface area contributed by atoms with Crippen molar-refractivity contribution in [2.75, 3.05) is 32.8 Å². The molecular formula is C23H32FN3O3. The maximum absolute atomic E-state index is 13.8. The molecule has 1 spiro atoms. The van der Waals surface area contributed by atoms with Crippen LogP contribution in [-0.4, -0.2) is 66.2 Å². The van der Waals surface area contributed by atoms with Crippen LogP contribution in [0.1, 0.15) is 61.7 Å². The van der Waals surface area contributed by atoms with Gasteiger partial charge in [-0.1, -0.05) is 18.9 Å². The van der Waals surface area contributed by atoms with Gasteiger partial charge in [-0.25, -0.2) is 4.39 Å². The molecule has 1 aliphatic carbocycles. The lowest BCUT2D eigenvalue weighted by Crippen LogP contribution is -2.56. The first-order chi connectivity index (χ1) is 14.6. The molecule has 2 aliphatic heterocycles. The van der Waals surface area contributed by atoms with E-state index in [0.29, 0.717) is 19.4 Å². The van der Waals surface area contributed by atoms with Crippen LogP contribution < -0.4 is 5.32 Å². The molecule has 2 amide bonds. The highest BCUT2D eigenvalue weighted by atomic mass is 19.1. The summed E-state index contributed by atoms with van der Waals surface area (Å²) in [6.07, 6.45) is 8.14. The summed E-state index contributed by atoms with van der Waals surface area (Å²) in [5, 5.41) is 3.01. The Hall–Kier alpha value is -1.99. The van der Waals surface area contributed by atoms with Crippen molar-refractivity contribution in [2.24, 2.45) is 0 Å². The molecule has 1 N–H and O–H groups in total. The van der Waals surface area contributed by atoms with Crippen LogP contribution in [0.3, 0.4) is 0 Å². The number of carbonyl (C=O) groups is 2. The third-order valence-electron chi connectivity index (χ3n) is 6.66. The first-order valence-corrected chi connectivity index (χ1v) is 11.3. The molecule has 2 heterocycles. The number of benzene rings is 1. The van der Waals surface area contributed by atoms with Gasteiger partial charge in [0, 0.05) is 18.7 Å². The van der Waals surface area contributed by atoms with E-state index in [1.165, 1.54) is 37.5 Å². The molecule has 3 fully saturated rings. The van der Waals surface area contributed by atoms with E-state index in [2.05, 4.69) is 10.2 Å². The number of nitrogens with one attached hydrogen (secondary N) is 1. The standard InChI is InChI=1S/C23H32FN3O3/c24-19-9-7-8-18(16-19)22(29)27-20(17-30-23(27)10-3-1-4-11-23)21(28)25-12-15-26-13-5-2-6-14-26/h7-9,16,20H,1-6,10-15,17H2,(H,25,28)/t20-/m1/s1. The zero-order valence-electron chi connectivity index (χ0n) is 17.6. The van der Waals surface area contributed by atoms with Crippen LogP contribution in [0.5, 0.6) is 0 Å². The number of hydrogen-bond acceptors (Lipinski definition) is 4. The summed E-state index contributed by atoms with van der Waals surface area (Å²) in [5.74, 6) is -0.967. The van der Waals surface area contributed by atoms with Gasteiger partial charge >= 0.3 is 0 Å². The zero-order chi connectivity index (χ0) is 21.0. The molecule has 6 nitrogen and oxygen atoms in total. The highest BCUT2D eigenvalue weighted by Crippen LogP contribution is 2.41. The predicted octanol–water partition coefficient (Wildman–Crippen LogP) is 2.93. The molecule has 1 saturated carbocycles. The molecule has 1 aromatic rings. The monoisotopic (exact) mass is 417 g/mol. The second-order valence-corrected chi connectivity index (χ2v) is 8.71. The summed E-state index contributed by atoms with van der Waals surface area (Å²) in [5.41, 5.74) is -0.493. The summed E-state index contributed by atoms with van der Waals surface area (Å²) in [6, 6.07) is 5.01. The van der Waals surface area contributed by atoms with Gasteiger partial charge in [0.25, 0.3) is 5.91 Å².